The minimum atomic E-state index is -3.41. The maximum absolute atomic E-state index is 12.7. The Bertz CT molecular complexity index is 547. The Labute approximate surface area is 125 Å². The van der Waals surface area contributed by atoms with E-state index >= 15 is 0 Å². The van der Waals surface area contributed by atoms with Gasteiger partial charge in [0.05, 0.1) is 4.90 Å². The average molecular weight is 314 g/mol. The molecule has 0 bridgehead atoms. The van der Waals surface area contributed by atoms with Crippen molar-refractivity contribution < 1.29 is 8.42 Å². The molecular formula is C14H22N2O2S2. The zero-order valence-electron chi connectivity index (χ0n) is 11.8. The van der Waals surface area contributed by atoms with Crippen LogP contribution in [-0.4, -0.2) is 31.9 Å². The van der Waals surface area contributed by atoms with Crippen LogP contribution < -0.4 is 5.32 Å². The highest BCUT2D eigenvalue weighted by atomic mass is 32.2. The van der Waals surface area contributed by atoms with Gasteiger partial charge in [0.2, 0.25) is 10.0 Å². The molecule has 1 fully saturated rings. The summed E-state index contributed by atoms with van der Waals surface area (Å²) in [6.07, 6.45) is 4.84. The second-order valence-electron chi connectivity index (χ2n) is 5.01. The Hall–Kier alpha value is -0.690. The van der Waals surface area contributed by atoms with E-state index in [0.29, 0.717) is 30.6 Å². The summed E-state index contributed by atoms with van der Waals surface area (Å²) >= 11 is 1.51. The molecule has 20 heavy (non-hydrogen) atoms. The summed E-state index contributed by atoms with van der Waals surface area (Å²) in [5.41, 5.74) is 0. The number of hydrogen-bond donors (Lipinski definition) is 1. The van der Waals surface area contributed by atoms with Gasteiger partial charge in [-0.1, -0.05) is 13.0 Å². The van der Waals surface area contributed by atoms with E-state index in [2.05, 4.69) is 11.9 Å². The predicted octanol–water partition coefficient (Wildman–Crippen LogP) is 2.59. The molecule has 1 aliphatic rings. The van der Waals surface area contributed by atoms with Crippen molar-refractivity contribution in [3.05, 3.63) is 29.0 Å². The van der Waals surface area contributed by atoms with Gasteiger partial charge in [-0.05, 0) is 30.7 Å². The third-order valence-electron chi connectivity index (χ3n) is 3.26. The number of nitrogens with zero attached hydrogens (tertiary/aromatic N) is 1. The van der Waals surface area contributed by atoms with Crippen molar-refractivity contribution in [1.82, 2.24) is 9.62 Å². The van der Waals surface area contributed by atoms with Crippen LogP contribution in [0, 0.1) is 0 Å². The van der Waals surface area contributed by atoms with E-state index < -0.39 is 10.0 Å². The van der Waals surface area contributed by atoms with Crippen molar-refractivity contribution in [1.29, 1.82) is 0 Å². The largest absolute Gasteiger partial charge is 0.309 e. The normalized spacial score (nSPS) is 15.7. The zero-order valence-corrected chi connectivity index (χ0v) is 13.5. The van der Waals surface area contributed by atoms with E-state index in [1.807, 2.05) is 12.3 Å². The lowest BCUT2D eigenvalue weighted by Crippen LogP contribution is -2.32. The van der Waals surface area contributed by atoms with Crippen LogP contribution in [0.4, 0.5) is 0 Å². The second kappa shape index (κ2) is 6.85. The quantitative estimate of drug-likeness (QED) is 0.713. The van der Waals surface area contributed by atoms with Crippen LogP contribution in [0.2, 0.25) is 0 Å². The molecule has 4 nitrogen and oxygen atoms in total. The van der Waals surface area contributed by atoms with E-state index in [9.17, 15) is 8.42 Å². The van der Waals surface area contributed by atoms with Gasteiger partial charge in [0.15, 0.2) is 0 Å². The van der Waals surface area contributed by atoms with Gasteiger partial charge >= 0.3 is 0 Å². The number of sulfonamides is 1. The van der Waals surface area contributed by atoms with Crippen LogP contribution in [0.25, 0.3) is 0 Å². The summed E-state index contributed by atoms with van der Waals surface area (Å²) in [4.78, 5) is 1.35. The summed E-state index contributed by atoms with van der Waals surface area (Å²) in [5, 5.41) is 5.24. The molecule has 1 aromatic rings. The fraction of sp³-hybridized carbons (Fsp3) is 0.571. The monoisotopic (exact) mass is 314 g/mol. The lowest BCUT2D eigenvalue weighted by molar-refractivity contribution is 0.441. The molecule has 0 radical (unpaired) electrons. The predicted molar refractivity (Wildman–Crippen MR) is 83.4 cm³/mol. The van der Waals surface area contributed by atoms with Gasteiger partial charge in [-0.15, -0.1) is 17.9 Å². The molecule has 0 saturated heterocycles. The van der Waals surface area contributed by atoms with Crippen molar-refractivity contribution >= 4 is 21.4 Å². The SMILES string of the molecule is C=CCN(CCC)S(=O)(=O)c1ccsc1CNC1CC1. The van der Waals surface area contributed by atoms with Gasteiger partial charge in [-0.25, -0.2) is 8.42 Å². The smallest absolute Gasteiger partial charge is 0.244 e. The molecule has 2 rings (SSSR count). The average Bonchev–Trinajstić information content (AvgIpc) is 3.12. The van der Waals surface area contributed by atoms with Gasteiger partial charge in [-0.2, -0.15) is 4.31 Å². The molecule has 1 N–H and O–H groups in total. The van der Waals surface area contributed by atoms with E-state index in [-0.39, 0.29) is 0 Å². The van der Waals surface area contributed by atoms with Crippen LogP contribution in [0.3, 0.4) is 0 Å². The lowest BCUT2D eigenvalue weighted by Gasteiger charge is -2.20. The Kier molecular flexibility index (Phi) is 5.37. The summed E-state index contributed by atoms with van der Waals surface area (Å²) in [5.74, 6) is 0. The molecule has 112 valence electrons. The number of nitrogens with one attached hydrogen (secondary N) is 1. The highest BCUT2D eigenvalue weighted by Gasteiger charge is 2.27. The molecule has 0 spiro atoms. The number of thiophene rings is 1. The molecule has 0 aliphatic heterocycles. The molecular weight excluding hydrogens is 292 g/mol. The number of hydrogen-bond acceptors (Lipinski definition) is 4. The summed E-state index contributed by atoms with van der Waals surface area (Å²) in [7, 11) is -3.41. The van der Waals surface area contributed by atoms with Crippen molar-refractivity contribution in [3.63, 3.8) is 0 Å². The maximum atomic E-state index is 12.7. The number of rotatable bonds is 9. The molecule has 0 unspecified atom stereocenters. The molecule has 1 saturated carbocycles. The fourth-order valence-electron chi connectivity index (χ4n) is 2.05. The van der Waals surface area contributed by atoms with Gasteiger partial charge < -0.3 is 5.32 Å². The molecule has 1 aliphatic carbocycles. The maximum Gasteiger partial charge on any atom is 0.244 e. The Morgan fingerprint density at radius 3 is 2.90 bits per heavy atom. The minimum Gasteiger partial charge on any atom is -0.309 e. The second-order valence-corrected chi connectivity index (χ2v) is 7.92. The molecule has 6 heteroatoms. The first-order valence-corrected chi connectivity index (χ1v) is 9.32. The minimum absolute atomic E-state index is 0.363. The lowest BCUT2D eigenvalue weighted by atomic mass is 10.4. The first-order valence-electron chi connectivity index (χ1n) is 7.00. The van der Waals surface area contributed by atoms with Crippen LogP contribution in [0.1, 0.15) is 31.1 Å². The van der Waals surface area contributed by atoms with E-state index in [4.69, 9.17) is 0 Å². The fourth-order valence-corrected chi connectivity index (χ4v) is 4.92. The first-order chi connectivity index (χ1) is 9.59. The van der Waals surface area contributed by atoms with Crippen molar-refractivity contribution in [2.75, 3.05) is 13.1 Å². The highest BCUT2D eigenvalue weighted by molar-refractivity contribution is 7.89. The van der Waals surface area contributed by atoms with Crippen molar-refractivity contribution in [3.8, 4) is 0 Å². The van der Waals surface area contributed by atoms with Gasteiger partial charge in [0.1, 0.15) is 0 Å². The van der Waals surface area contributed by atoms with Crippen LogP contribution in [0.5, 0.6) is 0 Å². The Morgan fingerprint density at radius 2 is 2.30 bits per heavy atom. The summed E-state index contributed by atoms with van der Waals surface area (Å²) < 4.78 is 26.9. The van der Waals surface area contributed by atoms with E-state index in [1.165, 1.54) is 28.5 Å². The van der Waals surface area contributed by atoms with Crippen molar-refractivity contribution in [2.45, 2.75) is 43.7 Å². The van der Waals surface area contributed by atoms with E-state index in [0.717, 1.165) is 11.3 Å². The van der Waals surface area contributed by atoms with Crippen LogP contribution in [0.15, 0.2) is 29.0 Å². The Balaban J connectivity index is 2.18. The highest BCUT2D eigenvalue weighted by Crippen LogP contribution is 2.27. The van der Waals surface area contributed by atoms with E-state index in [1.54, 1.807) is 12.1 Å². The topological polar surface area (TPSA) is 49.4 Å². The molecule has 0 amide bonds. The zero-order chi connectivity index (χ0) is 14.6. The Morgan fingerprint density at radius 1 is 1.55 bits per heavy atom. The third-order valence-corrected chi connectivity index (χ3v) is 6.26. The van der Waals surface area contributed by atoms with Gasteiger partial charge in [-0.3, -0.25) is 0 Å². The van der Waals surface area contributed by atoms with Gasteiger partial charge in [0.25, 0.3) is 0 Å². The first kappa shape index (κ1) is 15.7. The molecule has 0 aromatic carbocycles. The third kappa shape index (κ3) is 3.69. The van der Waals surface area contributed by atoms with Crippen molar-refractivity contribution in [2.24, 2.45) is 0 Å². The summed E-state index contributed by atoms with van der Waals surface area (Å²) in [6, 6.07) is 2.29. The molecule has 0 atom stereocenters. The molecule has 1 aromatic heterocycles. The van der Waals surface area contributed by atoms with Gasteiger partial charge in [0, 0.05) is 30.6 Å². The van der Waals surface area contributed by atoms with Crippen LogP contribution >= 0.6 is 11.3 Å². The molecule has 1 heterocycles. The standard InChI is InChI=1S/C14H22N2O2S2/c1-3-8-16(9-4-2)20(17,18)14-7-10-19-13(14)11-15-12-5-6-12/h3,7,10,12,15H,1,4-6,8-9,11H2,2H3. The summed E-state index contributed by atoms with van der Waals surface area (Å²) in [6.45, 7) is 7.17. The van der Waals surface area contributed by atoms with Crippen LogP contribution in [-0.2, 0) is 16.6 Å².